The molecule has 0 bridgehead atoms. The molecule has 1 unspecified atom stereocenters. The molecular formula is C25H22N2O2. The number of fused-ring (bicyclic) bond motifs is 1. The Morgan fingerprint density at radius 3 is 2.28 bits per heavy atom. The van der Waals surface area contributed by atoms with Crippen molar-refractivity contribution >= 4 is 23.0 Å². The van der Waals surface area contributed by atoms with Crippen LogP contribution in [0.3, 0.4) is 0 Å². The van der Waals surface area contributed by atoms with Gasteiger partial charge in [-0.25, -0.2) is 4.98 Å². The highest BCUT2D eigenvalue weighted by Gasteiger charge is 2.32. The fraction of sp³-hybridized carbons (Fsp3) is 0.160. The lowest BCUT2D eigenvalue weighted by molar-refractivity contribution is -0.122. The van der Waals surface area contributed by atoms with Gasteiger partial charge in [0.15, 0.2) is 6.29 Å². The van der Waals surface area contributed by atoms with Gasteiger partial charge in [-0.15, -0.1) is 0 Å². The van der Waals surface area contributed by atoms with E-state index in [1.54, 1.807) is 6.20 Å². The maximum atomic E-state index is 13.4. The fourth-order valence-electron chi connectivity index (χ4n) is 3.86. The third kappa shape index (κ3) is 3.27. The summed E-state index contributed by atoms with van der Waals surface area (Å²) in [5.41, 5.74) is 2.94. The number of pyridine rings is 1. The lowest BCUT2D eigenvalue weighted by atomic mass is 9.84. The average molecular weight is 382 g/mol. The van der Waals surface area contributed by atoms with E-state index in [1.165, 1.54) is 0 Å². The summed E-state index contributed by atoms with van der Waals surface area (Å²) in [4.78, 5) is 30.2. The van der Waals surface area contributed by atoms with E-state index in [0.29, 0.717) is 17.1 Å². The summed E-state index contributed by atoms with van der Waals surface area (Å²) < 4.78 is 1.96. The average Bonchev–Trinajstić information content (AvgIpc) is 3.09. The number of rotatable bonds is 6. The van der Waals surface area contributed by atoms with E-state index < -0.39 is 5.92 Å². The summed E-state index contributed by atoms with van der Waals surface area (Å²) in [6.45, 7) is 3.79. The molecule has 0 radical (unpaired) electrons. The third-order valence-electron chi connectivity index (χ3n) is 5.21. The van der Waals surface area contributed by atoms with Gasteiger partial charge in [0.2, 0.25) is 0 Å². The molecule has 2 heterocycles. The van der Waals surface area contributed by atoms with Crippen LogP contribution >= 0.6 is 0 Å². The molecule has 4 heteroatoms. The summed E-state index contributed by atoms with van der Waals surface area (Å²) in [6, 6.07) is 23.0. The van der Waals surface area contributed by atoms with Crippen LogP contribution in [0.25, 0.3) is 16.7 Å². The van der Waals surface area contributed by atoms with Crippen LogP contribution in [0.4, 0.5) is 0 Å². The van der Waals surface area contributed by atoms with Crippen LogP contribution in [0, 0.1) is 5.92 Å². The number of hydrogen-bond donors (Lipinski definition) is 0. The first-order valence-corrected chi connectivity index (χ1v) is 9.72. The normalized spacial score (nSPS) is 12.2. The molecule has 0 aliphatic carbocycles. The number of Topliss-reactive ketones (excluding diaryl/α,β-unsaturated/α-hetero) is 1. The Labute approximate surface area is 169 Å². The molecule has 0 saturated heterocycles. The minimum Gasteiger partial charge on any atom is -0.298 e. The van der Waals surface area contributed by atoms with E-state index in [2.05, 4.69) is 4.98 Å². The highest BCUT2D eigenvalue weighted by molar-refractivity contribution is 6.03. The van der Waals surface area contributed by atoms with E-state index in [4.69, 9.17) is 0 Å². The number of nitrogens with zero attached hydrogens (tertiary/aromatic N) is 2. The molecule has 0 aliphatic heterocycles. The summed E-state index contributed by atoms with van der Waals surface area (Å²) in [5.74, 6) is 0.00397. The molecule has 0 aliphatic rings. The van der Waals surface area contributed by atoms with Gasteiger partial charge in [-0.3, -0.25) is 14.2 Å². The SMILES string of the molecule is CC(C)C(=O)C(c1ccccc1)c1c(C=O)c2ccccc2n1-c1ccccn1. The van der Waals surface area contributed by atoms with E-state index in [1.807, 2.05) is 91.2 Å². The predicted octanol–water partition coefficient (Wildman–Crippen LogP) is 5.20. The highest BCUT2D eigenvalue weighted by Crippen LogP contribution is 2.37. The van der Waals surface area contributed by atoms with Crippen molar-refractivity contribution in [3.05, 3.63) is 95.8 Å². The van der Waals surface area contributed by atoms with Gasteiger partial charge in [0.05, 0.1) is 17.1 Å². The van der Waals surface area contributed by atoms with Gasteiger partial charge < -0.3 is 0 Å². The van der Waals surface area contributed by atoms with Crippen molar-refractivity contribution < 1.29 is 9.59 Å². The number of aromatic nitrogens is 2. The van der Waals surface area contributed by atoms with Crippen molar-refractivity contribution in [3.8, 4) is 5.82 Å². The second kappa shape index (κ2) is 7.84. The Hall–Kier alpha value is -3.53. The van der Waals surface area contributed by atoms with Crippen LogP contribution in [-0.4, -0.2) is 21.6 Å². The van der Waals surface area contributed by atoms with Crippen molar-refractivity contribution in [3.63, 3.8) is 0 Å². The standard InChI is InChI=1S/C25H22N2O2/c1-17(2)25(29)23(18-10-4-3-5-11-18)24-20(16-28)19-12-6-7-13-21(19)27(24)22-14-8-9-15-26-22/h3-17,23H,1-2H3. The summed E-state index contributed by atoms with van der Waals surface area (Å²) in [6.07, 6.45) is 2.58. The van der Waals surface area contributed by atoms with E-state index in [-0.39, 0.29) is 11.7 Å². The first kappa shape index (κ1) is 18.8. The minimum absolute atomic E-state index is 0.0688. The maximum Gasteiger partial charge on any atom is 0.152 e. The van der Waals surface area contributed by atoms with Crippen molar-refractivity contribution in [1.82, 2.24) is 9.55 Å². The van der Waals surface area contributed by atoms with Crippen molar-refractivity contribution in [1.29, 1.82) is 0 Å². The van der Waals surface area contributed by atoms with E-state index >= 15 is 0 Å². The Morgan fingerprint density at radius 2 is 1.62 bits per heavy atom. The number of para-hydroxylation sites is 1. The highest BCUT2D eigenvalue weighted by atomic mass is 16.1. The minimum atomic E-state index is -0.564. The largest absolute Gasteiger partial charge is 0.298 e. The van der Waals surface area contributed by atoms with Crippen LogP contribution in [-0.2, 0) is 4.79 Å². The van der Waals surface area contributed by atoms with Crippen molar-refractivity contribution in [2.24, 2.45) is 5.92 Å². The zero-order chi connectivity index (χ0) is 20.4. The van der Waals surface area contributed by atoms with Gasteiger partial charge in [-0.1, -0.05) is 68.4 Å². The number of carbonyl (C=O) groups excluding carboxylic acids is 2. The zero-order valence-electron chi connectivity index (χ0n) is 16.4. The number of hydrogen-bond acceptors (Lipinski definition) is 3. The summed E-state index contributed by atoms with van der Waals surface area (Å²) in [7, 11) is 0. The molecular weight excluding hydrogens is 360 g/mol. The number of aldehydes is 1. The van der Waals surface area contributed by atoms with Crippen LogP contribution in [0.2, 0.25) is 0 Å². The van der Waals surface area contributed by atoms with Crippen LogP contribution in [0.15, 0.2) is 79.0 Å². The number of carbonyl (C=O) groups is 2. The quantitative estimate of drug-likeness (QED) is 0.431. The Kier molecular flexibility index (Phi) is 5.09. The second-order valence-electron chi connectivity index (χ2n) is 7.36. The molecule has 2 aromatic carbocycles. The van der Waals surface area contributed by atoms with Gasteiger partial charge in [0.25, 0.3) is 0 Å². The van der Waals surface area contributed by atoms with E-state index in [0.717, 1.165) is 22.8 Å². The lowest BCUT2D eigenvalue weighted by Crippen LogP contribution is -2.23. The molecule has 4 rings (SSSR count). The van der Waals surface area contributed by atoms with Gasteiger partial charge >= 0.3 is 0 Å². The zero-order valence-corrected chi connectivity index (χ0v) is 16.4. The van der Waals surface area contributed by atoms with Gasteiger partial charge in [0.1, 0.15) is 11.6 Å². The molecule has 0 spiro atoms. The molecule has 0 N–H and O–H groups in total. The van der Waals surface area contributed by atoms with E-state index in [9.17, 15) is 9.59 Å². The van der Waals surface area contributed by atoms with Crippen molar-refractivity contribution in [2.45, 2.75) is 19.8 Å². The second-order valence-corrected chi connectivity index (χ2v) is 7.36. The Morgan fingerprint density at radius 1 is 0.931 bits per heavy atom. The Bertz CT molecular complexity index is 1160. The van der Waals surface area contributed by atoms with Crippen LogP contribution in [0.1, 0.15) is 41.4 Å². The molecule has 4 nitrogen and oxygen atoms in total. The molecule has 1 atom stereocenters. The smallest absolute Gasteiger partial charge is 0.152 e. The van der Waals surface area contributed by atoms with Gasteiger partial charge in [-0.05, 0) is 23.8 Å². The monoisotopic (exact) mass is 382 g/mol. The summed E-state index contributed by atoms with van der Waals surface area (Å²) >= 11 is 0. The topological polar surface area (TPSA) is 52.0 Å². The van der Waals surface area contributed by atoms with Crippen LogP contribution < -0.4 is 0 Å². The van der Waals surface area contributed by atoms with Gasteiger partial charge in [-0.2, -0.15) is 0 Å². The predicted molar refractivity (Wildman–Crippen MR) is 115 cm³/mol. The van der Waals surface area contributed by atoms with Gasteiger partial charge in [0, 0.05) is 23.1 Å². The molecule has 144 valence electrons. The third-order valence-corrected chi connectivity index (χ3v) is 5.21. The molecule has 0 saturated carbocycles. The number of ketones is 1. The molecule has 2 aromatic heterocycles. The lowest BCUT2D eigenvalue weighted by Gasteiger charge is -2.22. The number of benzene rings is 2. The fourth-order valence-corrected chi connectivity index (χ4v) is 3.86. The molecule has 4 aromatic rings. The maximum absolute atomic E-state index is 13.4. The Balaban J connectivity index is 2.13. The first-order chi connectivity index (χ1) is 14.1. The molecule has 29 heavy (non-hydrogen) atoms. The molecule has 0 fully saturated rings. The first-order valence-electron chi connectivity index (χ1n) is 9.72. The molecule has 0 amide bonds. The van der Waals surface area contributed by atoms with Crippen LogP contribution in [0.5, 0.6) is 0 Å². The summed E-state index contributed by atoms with van der Waals surface area (Å²) in [5, 5.41) is 0.820. The van der Waals surface area contributed by atoms with Crippen molar-refractivity contribution in [2.75, 3.05) is 0 Å².